The number of benzene rings is 2. The summed E-state index contributed by atoms with van der Waals surface area (Å²) in [7, 11) is 1.54. The number of carbonyl (C=O) groups excluding carboxylic acids is 1. The number of nitro benzene ring substituents is 1. The lowest BCUT2D eigenvalue weighted by Gasteiger charge is -2.10. The lowest BCUT2D eigenvalue weighted by Crippen LogP contribution is -2.23. The van der Waals surface area contributed by atoms with E-state index < -0.39 is 16.1 Å². The average molecular weight is 434 g/mol. The number of hydrogen-bond donors (Lipinski definition) is 2. The maximum Gasteiger partial charge on any atom is 0.292 e. The number of hydrogen-bond acceptors (Lipinski definition) is 7. The van der Waals surface area contributed by atoms with Gasteiger partial charge in [-0.2, -0.15) is 0 Å². The van der Waals surface area contributed by atoms with Crippen LogP contribution in [0.5, 0.6) is 5.75 Å². The van der Waals surface area contributed by atoms with Crippen molar-refractivity contribution in [2.45, 2.75) is 17.3 Å². The van der Waals surface area contributed by atoms with E-state index in [-0.39, 0.29) is 11.4 Å². The van der Waals surface area contributed by atoms with E-state index >= 15 is 0 Å². The number of rotatable bonds is 7. The molecule has 1 atom stereocenters. The molecule has 1 aromatic heterocycles. The van der Waals surface area contributed by atoms with Gasteiger partial charge >= 0.3 is 0 Å². The van der Waals surface area contributed by atoms with Gasteiger partial charge in [0.2, 0.25) is 11.1 Å². The Kier molecular flexibility index (Phi) is 6.35. The number of aromatic amines is 1. The Labute approximate surface area is 175 Å². The van der Waals surface area contributed by atoms with Crippen LogP contribution in [0.4, 0.5) is 11.4 Å². The van der Waals surface area contributed by atoms with E-state index in [1.807, 2.05) is 0 Å². The summed E-state index contributed by atoms with van der Waals surface area (Å²) >= 11 is 7.15. The first kappa shape index (κ1) is 20.6. The predicted molar refractivity (Wildman–Crippen MR) is 110 cm³/mol. The Bertz CT molecular complexity index is 1060. The topological polar surface area (TPSA) is 123 Å². The number of nitrogens with zero attached hydrogens (tertiary/aromatic N) is 3. The number of methoxy groups -OCH3 is 1. The highest BCUT2D eigenvalue weighted by Gasteiger charge is 2.21. The third kappa shape index (κ3) is 4.84. The first-order chi connectivity index (χ1) is 13.9. The smallest absolute Gasteiger partial charge is 0.292 e. The molecule has 0 aliphatic heterocycles. The van der Waals surface area contributed by atoms with Gasteiger partial charge in [0.1, 0.15) is 11.4 Å². The Morgan fingerprint density at radius 3 is 2.83 bits per heavy atom. The number of carbonyl (C=O) groups is 1. The SMILES string of the molecule is COc1ccc(Cl)cc1-c1nc(SC(C)C(=O)Nc2ccccc2[N+](=O)[O-])n[nH]1. The van der Waals surface area contributed by atoms with Crippen molar-refractivity contribution < 1.29 is 14.5 Å². The molecule has 2 aromatic carbocycles. The van der Waals surface area contributed by atoms with Crippen LogP contribution in [0.3, 0.4) is 0 Å². The van der Waals surface area contributed by atoms with Crippen LogP contribution in [0.2, 0.25) is 5.02 Å². The number of H-pyrrole nitrogens is 1. The standard InChI is InChI=1S/C18H16ClN5O4S/c1-10(17(25)20-13-5-3-4-6-14(13)24(26)27)29-18-21-16(22-23-18)12-9-11(19)7-8-15(12)28-2/h3-10H,1-2H3,(H,20,25)(H,21,22,23). The molecule has 0 saturated carbocycles. The number of amides is 1. The molecule has 2 N–H and O–H groups in total. The summed E-state index contributed by atoms with van der Waals surface area (Å²) < 4.78 is 5.31. The van der Waals surface area contributed by atoms with Crippen molar-refractivity contribution in [3.05, 3.63) is 57.6 Å². The van der Waals surface area contributed by atoms with E-state index in [1.54, 1.807) is 31.2 Å². The van der Waals surface area contributed by atoms with Gasteiger partial charge in [-0.25, -0.2) is 4.98 Å². The van der Waals surface area contributed by atoms with Crippen molar-refractivity contribution in [2.24, 2.45) is 0 Å². The molecule has 3 rings (SSSR count). The van der Waals surface area contributed by atoms with Gasteiger partial charge < -0.3 is 10.1 Å². The van der Waals surface area contributed by atoms with Gasteiger partial charge in [0, 0.05) is 11.1 Å². The number of ether oxygens (including phenoxy) is 1. The number of aromatic nitrogens is 3. The molecule has 150 valence electrons. The van der Waals surface area contributed by atoms with Gasteiger partial charge in [-0.15, -0.1) is 5.10 Å². The van der Waals surface area contributed by atoms with Gasteiger partial charge in [-0.1, -0.05) is 35.5 Å². The molecule has 29 heavy (non-hydrogen) atoms. The van der Waals surface area contributed by atoms with Crippen LogP contribution in [-0.2, 0) is 4.79 Å². The Morgan fingerprint density at radius 2 is 2.10 bits per heavy atom. The van der Waals surface area contributed by atoms with Crippen molar-refractivity contribution >= 4 is 40.6 Å². The lowest BCUT2D eigenvalue weighted by atomic mass is 10.2. The summed E-state index contributed by atoms with van der Waals surface area (Å²) in [6.45, 7) is 1.66. The molecule has 0 aliphatic rings. The maximum absolute atomic E-state index is 12.5. The van der Waals surface area contributed by atoms with E-state index in [9.17, 15) is 14.9 Å². The summed E-state index contributed by atoms with van der Waals surface area (Å²) in [5, 5.41) is 20.8. The van der Waals surface area contributed by atoms with Crippen LogP contribution in [0.15, 0.2) is 47.6 Å². The molecule has 1 unspecified atom stereocenters. The van der Waals surface area contributed by atoms with Gasteiger partial charge in [-0.05, 0) is 31.2 Å². The molecule has 3 aromatic rings. The van der Waals surface area contributed by atoms with Crippen molar-refractivity contribution in [2.75, 3.05) is 12.4 Å². The molecule has 1 amide bonds. The predicted octanol–water partition coefficient (Wildman–Crippen LogP) is 4.16. The van der Waals surface area contributed by atoms with Crippen molar-refractivity contribution in [1.82, 2.24) is 15.2 Å². The Hall–Kier alpha value is -3.11. The van der Waals surface area contributed by atoms with Gasteiger partial charge in [0.15, 0.2) is 5.82 Å². The van der Waals surface area contributed by atoms with Crippen molar-refractivity contribution in [3.8, 4) is 17.1 Å². The zero-order valence-electron chi connectivity index (χ0n) is 15.4. The minimum atomic E-state index is -0.597. The fourth-order valence-corrected chi connectivity index (χ4v) is 3.37. The molecule has 0 radical (unpaired) electrons. The van der Waals surface area contributed by atoms with Crippen LogP contribution in [0, 0.1) is 10.1 Å². The molecular weight excluding hydrogens is 418 g/mol. The monoisotopic (exact) mass is 433 g/mol. The van der Waals surface area contributed by atoms with Crippen LogP contribution in [-0.4, -0.2) is 38.4 Å². The molecule has 0 aliphatic carbocycles. The third-order valence-electron chi connectivity index (χ3n) is 3.89. The minimum Gasteiger partial charge on any atom is -0.496 e. The van der Waals surface area contributed by atoms with E-state index in [2.05, 4.69) is 20.5 Å². The molecule has 9 nitrogen and oxygen atoms in total. The van der Waals surface area contributed by atoms with Gasteiger partial charge in [-0.3, -0.25) is 20.0 Å². The highest BCUT2D eigenvalue weighted by molar-refractivity contribution is 8.00. The largest absolute Gasteiger partial charge is 0.496 e. The van der Waals surface area contributed by atoms with E-state index in [4.69, 9.17) is 16.3 Å². The number of para-hydroxylation sites is 2. The summed E-state index contributed by atoms with van der Waals surface area (Å²) in [5.41, 5.74) is 0.594. The second-order valence-corrected chi connectivity index (χ2v) is 7.58. The fourth-order valence-electron chi connectivity index (χ4n) is 2.47. The van der Waals surface area contributed by atoms with Gasteiger partial charge in [0.25, 0.3) is 5.69 Å². The molecular formula is C18H16ClN5O4S. The average Bonchev–Trinajstić information content (AvgIpc) is 3.16. The number of thioether (sulfide) groups is 1. The molecule has 11 heteroatoms. The molecule has 0 saturated heterocycles. The number of nitro groups is 1. The summed E-state index contributed by atoms with van der Waals surface area (Å²) in [6.07, 6.45) is 0. The van der Waals surface area contributed by atoms with Crippen LogP contribution >= 0.6 is 23.4 Å². The summed E-state index contributed by atoms with van der Waals surface area (Å²) in [4.78, 5) is 27.4. The first-order valence-electron chi connectivity index (χ1n) is 8.36. The van der Waals surface area contributed by atoms with E-state index in [0.29, 0.717) is 27.3 Å². The Morgan fingerprint density at radius 1 is 1.34 bits per heavy atom. The normalized spacial score (nSPS) is 11.7. The Balaban J connectivity index is 1.72. The van der Waals surface area contributed by atoms with E-state index in [0.717, 1.165) is 11.8 Å². The van der Waals surface area contributed by atoms with E-state index in [1.165, 1.54) is 25.3 Å². The van der Waals surface area contributed by atoms with Crippen LogP contribution in [0.25, 0.3) is 11.4 Å². The van der Waals surface area contributed by atoms with Gasteiger partial charge in [0.05, 0.1) is 22.8 Å². The molecule has 0 bridgehead atoms. The lowest BCUT2D eigenvalue weighted by molar-refractivity contribution is -0.383. The molecule has 0 spiro atoms. The highest BCUT2D eigenvalue weighted by atomic mass is 35.5. The van der Waals surface area contributed by atoms with Crippen LogP contribution < -0.4 is 10.1 Å². The second-order valence-electron chi connectivity index (χ2n) is 5.83. The number of anilines is 1. The highest BCUT2D eigenvalue weighted by Crippen LogP contribution is 2.32. The number of halogens is 1. The fraction of sp³-hybridized carbons (Fsp3) is 0.167. The summed E-state index contributed by atoms with van der Waals surface area (Å²) in [5.74, 6) is 0.610. The zero-order chi connectivity index (χ0) is 21.0. The quantitative estimate of drug-likeness (QED) is 0.325. The second kappa shape index (κ2) is 8.93. The molecule has 0 fully saturated rings. The van der Waals surface area contributed by atoms with Crippen LogP contribution in [0.1, 0.15) is 6.92 Å². The van der Waals surface area contributed by atoms with Crippen molar-refractivity contribution in [1.29, 1.82) is 0 Å². The first-order valence-corrected chi connectivity index (χ1v) is 9.62. The maximum atomic E-state index is 12.5. The zero-order valence-corrected chi connectivity index (χ0v) is 17.0. The molecule has 1 heterocycles. The number of nitrogens with one attached hydrogen (secondary N) is 2. The minimum absolute atomic E-state index is 0.134. The van der Waals surface area contributed by atoms with Crippen molar-refractivity contribution in [3.63, 3.8) is 0 Å². The summed E-state index contributed by atoms with van der Waals surface area (Å²) in [6, 6.07) is 11.1. The third-order valence-corrected chi connectivity index (χ3v) is 5.09.